The third kappa shape index (κ3) is 2.96. The normalized spacial score (nSPS) is 15.8. The minimum atomic E-state index is -0.597. The van der Waals surface area contributed by atoms with Crippen LogP contribution in [0.2, 0.25) is 0 Å². The highest BCUT2D eigenvalue weighted by atomic mass is 19.1. The predicted molar refractivity (Wildman–Crippen MR) is 114 cm³/mol. The second kappa shape index (κ2) is 7.12. The van der Waals surface area contributed by atoms with Crippen molar-refractivity contribution in [3.8, 4) is 11.5 Å². The quantitative estimate of drug-likeness (QED) is 0.456. The molecule has 33 heavy (non-hydrogen) atoms. The van der Waals surface area contributed by atoms with Gasteiger partial charge in [0, 0.05) is 37.6 Å². The van der Waals surface area contributed by atoms with Crippen LogP contribution in [0.1, 0.15) is 39.4 Å². The van der Waals surface area contributed by atoms with Gasteiger partial charge in [-0.3, -0.25) is 9.48 Å². The molecule has 0 saturated heterocycles. The lowest BCUT2D eigenvalue weighted by molar-refractivity contribution is 0.0655. The summed E-state index contributed by atoms with van der Waals surface area (Å²) in [7, 11) is 1.82. The Hall–Kier alpha value is -4.28. The Morgan fingerprint density at radius 2 is 2.18 bits per heavy atom. The van der Waals surface area contributed by atoms with E-state index in [2.05, 4.69) is 25.1 Å². The smallest absolute Gasteiger partial charge is 0.292 e. The minimum absolute atomic E-state index is 0.104. The van der Waals surface area contributed by atoms with Crippen molar-refractivity contribution in [1.82, 2.24) is 39.2 Å². The van der Waals surface area contributed by atoms with Gasteiger partial charge < -0.3 is 14.3 Å². The number of amides is 1. The fraction of sp³-hybridized carbons (Fsp3) is 0.227. The summed E-state index contributed by atoms with van der Waals surface area (Å²) in [5.74, 6) is -0.301. The maximum Gasteiger partial charge on any atom is 0.292 e. The van der Waals surface area contributed by atoms with Crippen molar-refractivity contribution >= 4 is 11.4 Å². The van der Waals surface area contributed by atoms with Gasteiger partial charge in [0.25, 0.3) is 5.91 Å². The van der Waals surface area contributed by atoms with Crippen molar-refractivity contribution in [2.45, 2.75) is 19.4 Å². The zero-order chi connectivity index (χ0) is 22.7. The molecule has 5 aromatic rings. The monoisotopic (exact) mass is 446 g/mol. The van der Waals surface area contributed by atoms with Crippen LogP contribution in [0.3, 0.4) is 0 Å². The number of hydrogen-bond donors (Lipinski definition) is 1. The van der Waals surface area contributed by atoms with Crippen LogP contribution < -0.4 is 0 Å². The van der Waals surface area contributed by atoms with Crippen LogP contribution in [-0.2, 0) is 13.5 Å². The van der Waals surface area contributed by atoms with Crippen LogP contribution in [0.25, 0.3) is 17.0 Å². The Balaban J connectivity index is 1.41. The number of rotatable bonds is 3. The Bertz CT molecular complexity index is 1510. The molecule has 0 spiro atoms. The molecule has 6 heterocycles. The van der Waals surface area contributed by atoms with Gasteiger partial charge in [0.2, 0.25) is 11.7 Å². The van der Waals surface area contributed by atoms with E-state index in [9.17, 15) is 9.18 Å². The number of pyridine rings is 1. The molecule has 11 heteroatoms. The third-order valence-corrected chi connectivity index (χ3v) is 6.12. The van der Waals surface area contributed by atoms with Crippen LogP contribution in [0.15, 0.2) is 47.5 Å². The van der Waals surface area contributed by atoms with E-state index in [1.807, 2.05) is 14.0 Å². The first kappa shape index (κ1) is 19.4. The summed E-state index contributed by atoms with van der Waals surface area (Å²) >= 11 is 0. The van der Waals surface area contributed by atoms with Crippen molar-refractivity contribution in [2.24, 2.45) is 7.05 Å². The lowest BCUT2D eigenvalue weighted by Crippen LogP contribution is -2.40. The Labute approximate surface area is 186 Å². The molecule has 1 atom stereocenters. The van der Waals surface area contributed by atoms with E-state index in [0.717, 1.165) is 17.0 Å². The number of fused-ring (bicyclic) bond motifs is 2. The molecule has 5 aromatic heterocycles. The molecule has 1 aliphatic heterocycles. The molecule has 166 valence electrons. The molecule has 1 aliphatic rings. The van der Waals surface area contributed by atoms with Crippen molar-refractivity contribution in [3.63, 3.8) is 0 Å². The zero-order valence-corrected chi connectivity index (χ0v) is 17.9. The van der Waals surface area contributed by atoms with Crippen LogP contribution in [0.5, 0.6) is 0 Å². The molecule has 1 N–H and O–H groups in total. The van der Waals surface area contributed by atoms with E-state index >= 15 is 0 Å². The number of carbonyl (C=O) groups excluding carboxylic acids is 1. The highest BCUT2D eigenvalue weighted by molar-refractivity contribution is 5.92. The number of nitrogens with zero attached hydrogens (tertiary/aromatic N) is 7. The van der Waals surface area contributed by atoms with Gasteiger partial charge >= 0.3 is 0 Å². The lowest BCUT2D eigenvalue weighted by Gasteiger charge is -2.33. The Kier molecular flexibility index (Phi) is 4.19. The van der Waals surface area contributed by atoms with Crippen molar-refractivity contribution in [2.75, 3.05) is 6.54 Å². The van der Waals surface area contributed by atoms with Gasteiger partial charge in [0.15, 0.2) is 0 Å². The van der Waals surface area contributed by atoms with Crippen LogP contribution in [0.4, 0.5) is 4.39 Å². The first-order chi connectivity index (χ1) is 16.0. The summed E-state index contributed by atoms with van der Waals surface area (Å²) in [6.07, 6.45) is 6.94. The molecule has 0 fully saturated rings. The number of aromatic nitrogens is 7. The topological polar surface area (TPSA) is 110 Å². The van der Waals surface area contributed by atoms with Crippen LogP contribution in [0, 0.1) is 12.7 Å². The lowest BCUT2D eigenvalue weighted by atomic mass is 9.99. The van der Waals surface area contributed by atoms with E-state index in [4.69, 9.17) is 4.42 Å². The minimum Gasteiger partial charge on any atom is -0.431 e. The summed E-state index contributed by atoms with van der Waals surface area (Å²) in [4.78, 5) is 27.1. The molecule has 10 nitrogen and oxygen atoms in total. The highest BCUT2D eigenvalue weighted by Crippen LogP contribution is 2.35. The van der Waals surface area contributed by atoms with Gasteiger partial charge in [0.1, 0.15) is 17.4 Å². The number of aryl methyl sites for hydroxylation is 1. The zero-order valence-electron chi connectivity index (χ0n) is 17.9. The number of halogens is 1. The van der Waals surface area contributed by atoms with Crippen molar-refractivity contribution in [3.05, 3.63) is 77.5 Å². The number of aromatic amines is 1. The average Bonchev–Trinajstić information content (AvgIpc) is 3.60. The van der Waals surface area contributed by atoms with Gasteiger partial charge in [-0.25, -0.2) is 18.9 Å². The molecule has 0 radical (unpaired) electrons. The van der Waals surface area contributed by atoms with Crippen LogP contribution >= 0.6 is 0 Å². The predicted octanol–water partition coefficient (Wildman–Crippen LogP) is 2.68. The third-order valence-electron chi connectivity index (χ3n) is 6.12. The van der Waals surface area contributed by atoms with E-state index in [1.165, 1.54) is 16.8 Å². The summed E-state index contributed by atoms with van der Waals surface area (Å²) in [6.45, 7) is 2.31. The molecule has 1 amide bonds. The van der Waals surface area contributed by atoms with Gasteiger partial charge in [-0.15, -0.1) is 0 Å². The molecule has 1 unspecified atom stereocenters. The van der Waals surface area contributed by atoms with E-state index in [0.29, 0.717) is 35.8 Å². The molecule has 0 saturated carbocycles. The van der Waals surface area contributed by atoms with E-state index in [-0.39, 0.29) is 17.5 Å². The first-order valence-corrected chi connectivity index (χ1v) is 10.4. The van der Waals surface area contributed by atoms with Gasteiger partial charge in [-0.1, -0.05) is 0 Å². The maximum atomic E-state index is 14.3. The Morgan fingerprint density at radius 3 is 2.97 bits per heavy atom. The number of imidazole rings is 1. The second-order valence-electron chi connectivity index (χ2n) is 7.97. The molecular weight excluding hydrogens is 427 g/mol. The number of hydrogen-bond acceptors (Lipinski definition) is 6. The average molecular weight is 446 g/mol. The van der Waals surface area contributed by atoms with Gasteiger partial charge in [-0.05, 0) is 25.1 Å². The Morgan fingerprint density at radius 1 is 1.30 bits per heavy atom. The fourth-order valence-electron chi connectivity index (χ4n) is 4.28. The SMILES string of the molecule is Cc1c(-c2ncc(C(=O)N3CCc4[nH]cnc4C3c3cc4c(F)cccn4n3)o2)cnn1C. The molecule has 6 rings (SSSR count). The number of nitrogens with one attached hydrogen (secondary N) is 1. The maximum absolute atomic E-state index is 14.3. The molecule has 0 aromatic carbocycles. The first-order valence-electron chi connectivity index (χ1n) is 10.4. The summed E-state index contributed by atoms with van der Waals surface area (Å²) in [5, 5.41) is 8.74. The standard InChI is InChI=1S/C22H19FN8O2/c1-12-13(9-27-29(12)2)21-24-10-18(33-21)22(32)30-7-5-15-19(26-11-25-15)20(30)16-8-17-14(23)4-3-6-31(17)28-16/h3-4,6,8-11,20H,5,7H2,1-2H3,(H,25,26). The van der Waals surface area contributed by atoms with E-state index in [1.54, 1.807) is 40.4 Å². The number of oxazole rings is 1. The second-order valence-corrected chi connectivity index (χ2v) is 7.97. The number of carbonyl (C=O) groups is 1. The molecule has 0 aliphatic carbocycles. The fourth-order valence-corrected chi connectivity index (χ4v) is 4.28. The van der Waals surface area contributed by atoms with Crippen molar-refractivity contribution in [1.29, 1.82) is 0 Å². The summed E-state index contributed by atoms with van der Waals surface area (Å²) in [5.41, 5.74) is 4.05. The number of H-pyrrole nitrogens is 1. The van der Waals surface area contributed by atoms with Crippen molar-refractivity contribution < 1.29 is 13.6 Å². The summed E-state index contributed by atoms with van der Waals surface area (Å²) in [6, 6.07) is 4.01. The van der Waals surface area contributed by atoms with Gasteiger partial charge in [-0.2, -0.15) is 10.2 Å². The van der Waals surface area contributed by atoms with Crippen LogP contribution in [-0.4, -0.2) is 51.7 Å². The van der Waals surface area contributed by atoms with E-state index < -0.39 is 6.04 Å². The highest BCUT2D eigenvalue weighted by Gasteiger charge is 2.37. The largest absolute Gasteiger partial charge is 0.431 e. The summed E-state index contributed by atoms with van der Waals surface area (Å²) < 4.78 is 23.3. The van der Waals surface area contributed by atoms with Gasteiger partial charge in [0.05, 0.1) is 35.7 Å². The molecule has 0 bridgehead atoms. The molecular formula is C22H19FN8O2.